The van der Waals surface area contributed by atoms with Gasteiger partial charge in [-0.25, -0.2) is 0 Å². The van der Waals surface area contributed by atoms with Crippen molar-refractivity contribution in [2.24, 2.45) is 0 Å². The molecule has 5 nitrogen and oxygen atoms in total. The van der Waals surface area contributed by atoms with Gasteiger partial charge in [-0.2, -0.15) is 0 Å². The van der Waals surface area contributed by atoms with Crippen molar-refractivity contribution in [3.8, 4) is 11.5 Å². The second-order valence-corrected chi connectivity index (χ2v) is 7.87. The summed E-state index contributed by atoms with van der Waals surface area (Å²) in [5.41, 5.74) is 4.19. The number of anilines is 2. The van der Waals surface area contributed by atoms with Gasteiger partial charge in [0.05, 0.1) is 23.2 Å². The highest BCUT2D eigenvalue weighted by Crippen LogP contribution is 2.47. The molecule has 5 heteroatoms. The Hall–Kier alpha value is -2.69. The Labute approximate surface area is 179 Å². The summed E-state index contributed by atoms with van der Waals surface area (Å²) in [6, 6.07) is 12.3. The van der Waals surface area contributed by atoms with E-state index >= 15 is 0 Å². The molecule has 2 aromatic rings. The molecule has 0 saturated carbocycles. The predicted molar refractivity (Wildman–Crippen MR) is 121 cm³/mol. The molecule has 0 saturated heterocycles. The normalized spacial score (nSPS) is 18.9. The van der Waals surface area contributed by atoms with Gasteiger partial charge in [-0.15, -0.1) is 0 Å². The van der Waals surface area contributed by atoms with E-state index < -0.39 is 0 Å². The van der Waals surface area contributed by atoms with Crippen LogP contribution in [0.1, 0.15) is 50.7 Å². The molecule has 4 rings (SSSR count). The molecule has 0 N–H and O–H groups in total. The van der Waals surface area contributed by atoms with E-state index in [-0.39, 0.29) is 17.6 Å². The maximum atomic E-state index is 13.6. The number of carbonyl (C=O) groups is 1. The van der Waals surface area contributed by atoms with Crippen LogP contribution in [-0.4, -0.2) is 45.2 Å². The minimum absolute atomic E-state index is 0.195. The van der Waals surface area contributed by atoms with Crippen LogP contribution in [0.2, 0.25) is 0 Å². The lowest BCUT2D eigenvalue weighted by Gasteiger charge is -2.23. The van der Waals surface area contributed by atoms with Gasteiger partial charge < -0.3 is 19.3 Å². The molecule has 160 valence electrons. The van der Waals surface area contributed by atoms with Crippen molar-refractivity contribution in [3.63, 3.8) is 0 Å². The summed E-state index contributed by atoms with van der Waals surface area (Å²) in [6.45, 7) is 13.0. The summed E-state index contributed by atoms with van der Waals surface area (Å²) >= 11 is 0. The summed E-state index contributed by atoms with van der Waals surface area (Å²) in [5, 5.41) is 0. The van der Waals surface area contributed by atoms with Crippen LogP contribution in [0.4, 0.5) is 11.4 Å². The number of para-hydroxylation sites is 2. The maximum absolute atomic E-state index is 13.6. The third-order valence-corrected chi connectivity index (χ3v) is 6.48. The van der Waals surface area contributed by atoms with Crippen molar-refractivity contribution < 1.29 is 14.3 Å². The van der Waals surface area contributed by atoms with Crippen LogP contribution in [0.25, 0.3) is 0 Å². The number of ether oxygens (including phenoxy) is 2. The van der Waals surface area contributed by atoms with Gasteiger partial charge in [0.2, 0.25) is 0 Å². The monoisotopic (exact) mass is 408 g/mol. The molecule has 2 unspecified atom stereocenters. The molecule has 2 atom stereocenters. The zero-order chi connectivity index (χ0) is 21.3. The fourth-order valence-electron chi connectivity index (χ4n) is 4.80. The van der Waals surface area contributed by atoms with Crippen LogP contribution in [0.15, 0.2) is 36.4 Å². The summed E-state index contributed by atoms with van der Waals surface area (Å²) < 4.78 is 12.2. The summed E-state index contributed by atoms with van der Waals surface area (Å²) in [4.78, 5) is 18.2. The van der Waals surface area contributed by atoms with Gasteiger partial charge in [-0.3, -0.25) is 4.79 Å². The van der Waals surface area contributed by atoms with Gasteiger partial charge in [-0.1, -0.05) is 24.3 Å². The molecule has 0 aromatic heterocycles. The quantitative estimate of drug-likeness (QED) is 0.639. The number of nitrogens with zero attached hydrogens (tertiary/aromatic N) is 2. The van der Waals surface area contributed by atoms with Crippen molar-refractivity contribution in [2.45, 2.75) is 39.5 Å². The SMILES string of the molecule is CCN(CC)c1cccc2c1OCC2C(=O)C1COc2c1cccc2N(CC)CC. The van der Waals surface area contributed by atoms with Crippen LogP contribution < -0.4 is 19.3 Å². The van der Waals surface area contributed by atoms with Gasteiger partial charge in [0.25, 0.3) is 0 Å². The Bertz CT molecular complexity index is 845. The first-order valence-corrected chi connectivity index (χ1v) is 11.2. The average Bonchev–Trinajstić information content (AvgIpc) is 3.40. The number of benzene rings is 2. The zero-order valence-corrected chi connectivity index (χ0v) is 18.5. The molecule has 2 aliphatic rings. The zero-order valence-electron chi connectivity index (χ0n) is 18.5. The summed E-state index contributed by atoms with van der Waals surface area (Å²) in [7, 11) is 0. The molecule has 0 amide bonds. The molecule has 0 bridgehead atoms. The van der Waals surface area contributed by atoms with Crippen LogP contribution >= 0.6 is 0 Å². The first-order valence-electron chi connectivity index (χ1n) is 11.2. The molecule has 0 spiro atoms. The molecule has 2 aliphatic heterocycles. The van der Waals surface area contributed by atoms with Gasteiger partial charge in [-0.05, 0) is 39.8 Å². The Morgan fingerprint density at radius 3 is 1.53 bits per heavy atom. The molecule has 2 heterocycles. The number of ketones is 1. The van der Waals surface area contributed by atoms with Gasteiger partial charge in [0.15, 0.2) is 5.78 Å². The Morgan fingerprint density at radius 2 is 1.17 bits per heavy atom. The second-order valence-electron chi connectivity index (χ2n) is 7.87. The minimum atomic E-state index is -0.243. The van der Waals surface area contributed by atoms with E-state index in [4.69, 9.17) is 9.47 Å². The fraction of sp³-hybridized carbons (Fsp3) is 0.480. The van der Waals surface area contributed by atoms with Crippen molar-refractivity contribution in [2.75, 3.05) is 49.2 Å². The van der Waals surface area contributed by atoms with Crippen LogP contribution in [0.5, 0.6) is 11.5 Å². The van der Waals surface area contributed by atoms with E-state index in [1.165, 1.54) is 0 Å². The molecular weight excluding hydrogens is 376 g/mol. The molecule has 0 fully saturated rings. The van der Waals surface area contributed by atoms with E-state index in [9.17, 15) is 4.79 Å². The molecule has 0 radical (unpaired) electrons. The Kier molecular flexibility index (Phi) is 5.89. The van der Waals surface area contributed by atoms with Crippen molar-refractivity contribution in [1.82, 2.24) is 0 Å². The lowest BCUT2D eigenvalue weighted by molar-refractivity contribution is -0.122. The predicted octanol–water partition coefficient (Wildman–Crippen LogP) is 4.60. The van der Waals surface area contributed by atoms with E-state index in [2.05, 4.69) is 49.6 Å². The number of rotatable bonds is 8. The van der Waals surface area contributed by atoms with Gasteiger partial charge >= 0.3 is 0 Å². The highest BCUT2D eigenvalue weighted by atomic mass is 16.5. The van der Waals surface area contributed by atoms with Crippen LogP contribution in [0.3, 0.4) is 0 Å². The first kappa shape index (κ1) is 20.6. The number of Topliss-reactive ketones (excluding diaryl/α,β-unsaturated/α-hetero) is 1. The highest BCUT2D eigenvalue weighted by Gasteiger charge is 2.40. The van der Waals surface area contributed by atoms with Gasteiger partial charge in [0, 0.05) is 37.3 Å². The summed E-state index contributed by atoms with van der Waals surface area (Å²) in [5.74, 6) is 1.45. The van der Waals surface area contributed by atoms with Crippen molar-refractivity contribution in [3.05, 3.63) is 47.5 Å². The Morgan fingerprint density at radius 1 is 0.767 bits per heavy atom. The first-order chi connectivity index (χ1) is 14.6. The van der Waals surface area contributed by atoms with E-state index in [1.54, 1.807) is 0 Å². The van der Waals surface area contributed by atoms with Crippen molar-refractivity contribution in [1.29, 1.82) is 0 Å². The number of carbonyl (C=O) groups excluding carboxylic acids is 1. The minimum Gasteiger partial charge on any atom is -0.490 e. The third kappa shape index (κ3) is 3.30. The lowest BCUT2D eigenvalue weighted by atomic mass is 9.85. The van der Waals surface area contributed by atoms with E-state index in [1.807, 2.05) is 24.3 Å². The number of fused-ring (bicyclic) bond motifs is 2. The van der Waals surface area contributed by atoms with Crippen molar-refractivity contribution >= 4 is 17.2 Å². The average molecular weight is 409 g/mol. The molecule has 2 aromatic carbocycles. The number of hydrogen-bond donors (Lipinski definition) is 0. The van der Waals surface area contributed by atoms with E-state index in [0.29, 0.717) is 13.2 Å². The van der Waals surface area contributed by atoms with E-state index in [0.717, 1.165) is 60.2 Å². The fourth-order valence-corrected chi connectivity index (χ4v) is 4.80. The van der Waals surface area contributed by atoms with Crippen LogP contribution in [0, 0.1) is 0 Å². The second kappa shape index (κ2) is 8.58. The molecular formula is C25H32N2O3. The largest absolute Gasteiger partial charge is 0.490 e. The molecule has 0 aliphatic carbocycles. The smallest absolute Gasteiger partial charge is 0.154 e. The highest BCUT2D eigenvalue weighted by molar-refractivity contribution is 5.95. The van der Waals surface area contributed by atoms with Crippen LogP contribution in [-0.2, 0) is 4.79 Å². The lowest BCUT2D eigenvalue weighted by Crippen LogP contribution is -2.23. The molecule has 30 heavy (non-hydrogen) atoms. The van der Waals surface area contributed by atoms with Gasteiger partial charge in [0.1, 0.15) is 24.7 Å². The standard InChI is InChI=1S/C25H32N2O3/c1-5-26(6-2)21-13-9-11-17-19(15-29-24(17)21)23(28)20-16-30-25-18(20)12-10-14-22(25)27(7-3)8-4/h9-14,19-20H,5-8,15-16H2,1-4H3. The topological polar surface area (TPSA) is 42.0 Å². The number of hydrogen-bond acceptors (Lipinski definition) is 5. The Balaban J connectivity index is 1.64. The third-order valence-electron chi connectivity index (χ3n) is 6.48. The maximum Gasteiger partial charge on any atom is 0.154 e. The summed E-state index contributed by atoms with van der Waals surface area (Å²) in [6.07, 6.45) is 0.